The van der Waals surface area contributed by atoms with Crippen molar-refractivity contribution in [1.82, 2.24) is 9.29 Å². The Bertz CT molecular complexity index is 1270. The minimum absolute atomic E-state index is 0.0204. The largest absolute Gasteiger partial charge is 0.338 e. The van der Waals surface area contributed by atoms with Crippen molar-refractivity contribution in [2.75, 3.05) is 11.4 Å². The number of hydrogen-bond acceptors (Lipinski definition) is 3. The SMILES string of the molecule is CC(=O)N1CCn2c(c(C3CCCCC3)c3ccc(C(=O)NSC4CC4)cc32)-c2ccccc21. The molecule has 1 aliphatic heterocycles. The summed E-state index contributed by atoms with van der Waals surface area (Å²) in [5.41, 5.74) is 6.59. The molecular formula is C28H31N3O2S. The molecule has 2 fully saturated rings. The smallest absolute Gasteiger partial charge is 0.261 e. The summed E-state index contributed by atoms with van der Waals surface area (Å²) in [7, 11) is 0. The van der Waals surface area contributed by atoms with Crippen LogP contribution in [0.15, 0.2) is 42.5 Å². The maximum absolute atomic E-state index is 12.9. The molecule has 0 spiro atoms. The minimum Gasteiger partial charge on any atom is -0.338 e. The second-order valence-corrected chi connectivity index (χ2v) is 11.0. The van der Waals surface area contributed by atoms with Gasteiger partial charge in [-0.3, -0.25) is 14.3 Å². The molecule has 0 radical (unpaired) electrons. The molecular weight excluding hydrogens is 442 g/mol. The lowest BCUT2D eigenvalue weighted by atomic mass is 9.81. The van der Waals surface area contributed by atoms with Crippen LogP contribution in [0.25, 0.3) is 22.2 Å². The first-order valence-electron chi connectivity index (χ1n) is 12.6. The summed E-state index contributed by atoms with van der Waals surface area (Å²) in [5, 5.41) is 1.84. The number of rotatable bonds is 4. The Balaban J connectivity index is 1.53. The third-order valence-corrected chi connectivity index (χ3v) is 8.71. The van der Waals surface area contributed by atoms with Crippen LogP contribution in [0.2, 0.25) is 0 Å². The van der Waals surface area contributed by atoms with Gasteiger partial charge in [0.15, 0.2) is 0 Å². The van der Waals surface area contributed by atoms with Crippen LogP contribution in [0.3, 0.4) is 0 Å². The van der Waals surface area contributed by atoms with E-state index in [-0.39, 0.29) is 11.8 Å². The summed E-state index contributed by atoms with van der Waals surface area (Å²) in [4.78, 5) is 27.4. The molecule has 6 rings (SSSR count). The predicted molar refractivity (Wildman–Crippen MR) is 139 cm³/mol. The number of fused-ring (bicyclic) bond motifs is 5. The fourth-order valence-corrected chi connectivity index (χ4v) is 6.55. The number of carbonyl (C=O) groups is 2. The van der Waals surface area contributed by atoms with Gasteiger partial charge >= 0.3 is 0 Å². The average molecular weight is 474 g/mol. The van der Waals surface area contributed by atoms with Gasteiger partial charge in [-0.15, -0.1) is 0 Å². The number of aromatic nitrogens is 1. The number of amides is 2. The summed E-state index contributed by atoms with van der Waals surface area (Å²) in [6.07, 6.45) is 8.60. The second kappa shape index (κ2) is 8.81. The first kappa shape index (κ1) is 21.8. The lowest BCUT2D eigenvalue weighted by Gasteiger charge is -2.24. The Morgan fingerprint density at radius 1 is 0.971 bits per heavy atom. The van der Waals surface area contributed by atoms with Crippen LogP contribution in [-0.2, 0) is 11.3 Å². The first-order chi connectivity index (χ1) is 16.6. The highest BCUT2D eigenvalue weighted by molar-refractivity contribution is 7.98. The van der Waals surface area contributed by atoms with E-state index in [0.717, 1.165) is 16.8 Å². The molecule has 3 aromatic rings. The highest BCUT2D eigenvalue weighted by Crippen LogP contribution is 2.47. The van der Waals surface area contributed by atoms with E-state index in [2.05, 4.69) is 39.6 Å². The summed E-state index contributed by atoms with van der Waals surface area (Å²) in [5.74, 6) is 0.557. The third-order valence-electron chi connectivity index (χ3n) is 7.60. The van der Waals surface area contributed by atoms with Gasteiger partial charge in [-0.2, -0.15) is 0 Å². The predicted octanol–water partition coefficient (Wildman–Crippen LogP) is 6.26. The van der Waals surface area contributed by atoms with E-state index in [1.807, 2.05) is 17.0 Å². The second-order valence-electron chi connectivity index (χ2n) is 9.92. The molecule has 0 saturated heterocycles. The van der Waals surface area contributed by atoms with E-state index in [9.17, 15) is 9.59 Å². The Labute approximate surface area is 205 Å². The maximum Gasteiger partial charge on any atom is 0.261 e. The van der Waals surface area contributed by atoms with Crippen molar-refractivity contribution in [1.29, 1.82) is 0 Å². The van der Waals surface area contributed by atoms with E-state index in [4.69, 9.17) is 0 Å². The van der Waals surface area contributed by atoms with E-state index in [1.54, 1.807) is 18.9 Å². The zero-order chi connectivity index (χ0) is 23.2. The molecule has 1 N–H and O–H groups in total. The molecule has 34 heavy (non-hydrogen) atoms. The van der Waals surface area contributed by atoms with Crippen molar-refractivity contribution in [2.45, 2.75) is 69.6 Å². The van der Waals surface area contributed by atoms with Crippen LogP contribution in [0, 0.1) is 0 Å². The highest BCUT2D eigenvalue weighted by Gasteiger charge is 2.31. The lowest BCUT2D eigenvalue weighted by molar-refractivity contribution is -0.116. The summed E-state index contributed by atoms with van der Waals surface area (Å²) in [6.45, 7) is 2.99. The van der Waals surface area contributed by atoms with Gasteiger partial charge in [0.2, 0.25) is 5.91 Å². The highest BCUT2D eigenvalue weighted by atomic mass is 32.2. The number of carbonyl (C=O) groups excluding carboxylic acids is 2. The van der Waals surface area contributed by atoms with Crippen molar-refractivity contribution < 1.29 is 9.59 Å². The molecule has 2 aliphatic carbocycles. The standard InChI is InChI=1S/C28H31N3O2S/c1-18(32)30-15-16-31-25-17-20(28(33)29-34-21-12-13-21)11-14-22(25)26(19-7-3-2-4-8-19)27(31)23-9-5-6-10-24(23)30/h5-6,9-11,14,17,19,21H,2-4,7-8,12-13,15-16H2,1H3,(H,29,33). The number of nitrogens with zero attached hydrogens (tertiary/aromatic N) is 2. The average Bonchev–Trinajstić information content (AvgIpc) is 3.66. The Morgan fingerprint density at radius 2 is 1.76 bits per heavy atom. The van der Waals surface area contributed by atoms with Crippen LogP contribution < -0.4 is 9.62 Å². The van der Waals surface area contributed by atoms with Gasteiger partial charge in [0, 0.05) is 47.3 Å². The number of para-hydroxylation sites is 1. The van der Waals surface area contributed by atoms with Crippen LogP contribution in [0.4, 0.5) is 5.69 Å². The fraction of sp³-hybridized carbons (Fsp3) is 0.429. The van der Waals surface area contributed by atoms with Gasteiger partial charge in [0.05, 0.1) is 11.4 Å². The van der Waals surface area contributed by atoms with Crippen LogP contribution >= 0.6 is 11.9 Å². The number of benzene rings is 2. The normalized spacial score (nSPS) is 18.3. The van der Waals surface area contributed by atoms with E-state index < -0.39 is 0 Å². The Morgan fingerprint density at radius 3 is 2.53 bits per heavy atom. The molecule has 0 bridgehead atoms. The summed E-state index contributed by atoms with van der Waals surface area (Å²) < 4.78 is 5.42. The van der Waals surface area contributed by atoms with Crippen molar-refractivity contribution in [2.24, 2.45) is 0 Å². The van der Waals surface area contributed by atoms with Gasteiger partial charge in [0.1, 0.15) is 0 Å². The molecule has 2 heterocycles. The van der Waals surface area contributed by atoms with Crippen molar-refractivity contribution in [3.8, 4) is 11.3 Å². The van der Waals surface area contributed by atoms with Crippen molar-refractivity contribution in [3.63, 3.8) is 0 Å². The molecule has 2 amide bonds. The quantitative estimate of drug-likeness (QED) is 0.455. The molecule has 2 saturated carbocycles. The van der Waals surface area contributed by atoms with Gasteiger partial charge in [0.25, 0.3) is 5.91 Å². The molecule has 3 aliphatic rings. The van der Waals surface area contributed by atoms with Crippen LogP contribution in [0.5, 0.6) is 0 Å². The Hall–Kier alpha value is -2.73. The van der Waals surface area contributed by atoms with Gasteiger partial charge in [-0.1, -0.05) is 43.5 Å². The third kappa shape index (κ3) is 3.82. The molecule has 1 aromatic heterocycles. The molecule has 2 aromatic carbocycles. The molecule has 0 unspecified atom stereocenters. The number of nitrogens with one attached hydrogen (secondary N) is 1. The maximum atomic E-state index is 12.9. The first-order valence-corrected chi connectivity index (χ1v) is 13.5. The zero-order valence-corrected chi connectivity index (χ0v) is 20.5. The fourth-order valence-electron chi connectivity index (χ4n) is 5.78. The van der Waals surface area contributed by atoms with Crippen LogP contribution in [-0.4, -0.2) is 28.2 Å². The van der Waals surface area contributed by atoms with E-state index >= 15 is 0 Å². The zero-order valence-electron chi connectivity index (χ0n) is 19.7. The molecule has 176 valence electrons. The van der Waals surface area contributed by atoms with E-state index in [0.29, 0.717) is 29.8 Å². The topological polar surface area (TPSA) is 54.3 Å². The van der Waals surface area contributed by atoms with E-state index in [1.165, 1.54) is 61.6 Å². The van der Waals surface area contributed by atoms with Crippen molar-refractivity contribution in [3.05, 3.63) is 53.6 Å². The summed E-state index contributed by atoms with van der Waals surface area (Å²) >= 11 is 1.55. The van der Waals surface area contributed by atoms with Crippen molar-refractivity contribution >= 4 is 40.4 Å². The monoisotopic (exact) mass is 473 g/mol. The number of anilines is 1. The van der Waals surface area contributed by atoms with Gasteiger partial charge in [-0.05, 0) is 67.3 Å². The van der Waals surface area contributed by atoms with Gasteiger partial charge < -0.3 is 9.47 Å². The minimum atomic E-state index is -0.0204. The summed E-state index contributed by atoms with van der Waals surface area (Å²) in [6, 6.07) is 14.6. The molecule has 0 atom stereocenters. The van der Waals surface area contributed by atoms with Gasteiger partial charge in [-0.25, -0.2) is 0 Å². The molecule has 6 heteroatoms. The van der Waals surface area contributed by atoms with Crippen LogP contribution in [0.1, 0.15) is 73.7 Å². The number of hydrogen-bond donors (Lipinski definition) is 1. The lowest BCUT2D eigenvalue weighted by Crippen LogP contribution is -2.30. The molecule has 5 nitrogen and oxygen atoms in total. The Kier molecular flexibility index (Phi) is 5.64.